The first-order valence-corrected chi connectivity index (χ1v) is 6.14. The maximum Gasteiger partial charge on any atom is 0.163 e. The lowest BCUT2D eigenvalue weighted by Gasteiger charge is -2.11. The summed E-state index contributed by atoms with van der Waals surface area (Å²) in [4.78, 5) is 0. The van der Waals surface area contributed by atoms with Gasteiger partial charge in [0.2, 0.25) is 0 Å². The molecular weight excluding hydrogens is 226 g/mol. The molecule has 0 aliphatic heterocycles. The molecule has 0 aliphatic rings. The maximum absolute atomic E-state index is 5.35. The van der Waals surface area contributed by atoms with Gasteiger partial charge in [-0.05, 0) is 24.5 Å². The first-order valence-electron chi connectivity index (χ1n) is 6.14. The maximum atomic E-state index is 5.35. The molecule has 2 aromatic rings. The molecule has 0 saturated heterocycles. The fourth-order valence-corrected chi connectivity index (χ4v) is 1.96. The van der Waals surface area contributed by atoms with Gasteiger partial charge in [0.05, 0.1) is 7.11 Å². The molecule has 1 heterocycles. The van der Waals surface area contributed by atoms with Gasteiger partial charge in [-0.2, -0.15) is 0 Å². The van der Waals surface area contributed by atoms with E-state index in [-0.39, 0.29) is 0 Å². The topological polar surface area (TPSA) is 39.9 Å². The van der Waals surface area contributed by atoms with Crippen LogP contribution in [0.15, 0.2) is 24.5 Å². The second kappa shape index (κ2) is 5.21. The molecule has 2 rings (SSSR count). The van der Waals surface area contributed by atoms with Crippen LogP contribution in [0.5, 0.6) is 5.75 Å². The minimum atomic E-state index is 0.562. The van der Waals surface area contributed by atoms with Crippen molar-refractivity contribution in [2.75, 3.05) is 7.11 Å². The number of nitrogens with zero attached hydrogens (tertiary/aromatic N) is 3. The molecule has 0 unspecified atom stereocenters. The lowest BCUT2D eigenvalue weighted by molar-refractivity contribution is 0.412. The van der Waals surface area contributed by atoms with Crippen molar-refractivity contribution in [2.24, 2.45) is 5.92 Å². The fourth-order valence-electron chi connectivity index (χ4n) is 1.96. The van der Waals surface area contributed by atoms with E-state index in [4.69, 9.17) is 4.74 Å². The van der Waals surface area contributed by atoms with Crippen molar-refractivity contribution in [1.82, 2.24) is 14.8 Å². The summed E-state index contributed by atoms with van der Waals surface area (Å²) in [6, 6.07) is 6.11. The molecule has 96 valence electrons. The Bertz CT molecular complexity index is 532. The number of methoxy groups -OCH3 is 1. The molecule has 1 aromatic carbocycles. The molecule has 0 aliphatic carbocycles. The Morgan fingerprint density at radius 3 is 2.78 bits per heavy atom. The SMILES string of the molecule is COc1cc(-c2nncn2CC(C)C)ccc1C. The predicted molar refractivity (Wildman–Crippen MR) is 71.6 cm³/mol. The monoisotopic (exact) mass is 245 g/mol. The van der Waals surface area contributed by atoms with Crippen LogP contribution in [-0.2, 0) is 6.54 Å². The van der Waals surface area contributed by atoms with Crippen LogP contribution in [0.25, 0.3) is 11.4 Å². The second-order valence-corrected chi connectivity index (χ2v) is 4.89. The molecule has 0 atom stereocenters. The van der Waals surface area contributed by atoms with Crippen LogP contribution < -0.4 is 4.74 Å². The lowest BCUT2D eigenvalue weighted by atomic mass is 10.1. The standard InChI is InChI=1S/C14H19N3O/c1-10(2)8-17-9-15-16-14(17)12-6-5-11(3)13(7-12)18-4/h5-7,9-10H,8H2,1-4H3. The van der Waals surface area contributed by atoms with Crippen LogP contribution in [0, 0.1) is 12.8 Å². The third-order valence-corrected chi connectivity index (χ3v) is 2.84. The Hall–Kier alpha value is -1.84. The molecule has 4 heteroatoms. The van der Waals surface area contributed by atoms with Crippen LogP contribution >= 0.6 is 0 Å². The van der Waals surface area contributed by atoms with Gasteiger partial charge >= 0.3 is 0 Å². The highest BCUT2D eigenvalue weighted by molar-refractivity contribution is 5.59. The van der Waals surface area contributed by atoms with Crippen LogP contribution in [0.4, 0.5) is 0 Å². The second-order valence-electron chi connectivity index (χ2n) is 4.89. The highest BCUT2D eigenvalue weighted by atomic mass is 16.5. The smallest absolute Gasteiger partial charge is 0.163 e. The van der Waals surface area contributed by atoms with Gasteiger partial charge < -0.3 is 9.30 Å². The van der Waals surface area contributed by atoms with Crippen molar-refractivity contribution < 1.29 is 4.74 Å². The summed E-state index contributed by atoms with van der Waals surface area (Å²) in [6.07, 6.45) is 1.78. The zero-order valence-corrected chi connectivity index (χ0v) is 11.3. The zero-order valence-electron chi connectivity index (χ0n) is 11.3. The highest BCUT2D eigenvalue weighted by Gasteiger charge is 2.10. The number of rotatable bonds is 4. The molecular formula is C14H19N3O. The molecule has 0 fully saturated rings. The van der Waals surface area contributed by atoms with E-state index in [9.17, 15) is 0 Å². The molecule has 0 radical (unpaired) electrons. The average Bonchev–Trinajstić information content (AvgIpc) is 2.77. The summed E-state index contributed by atoms with van der Waals surface area (Å²) in [7, 11) is 1.69. The number of aromatic nitrogens is 3. The molecule has 0 amide bonds. The average molecular weight is 245 g/mol. The number of hydrogen-bond donors (Lipinski definition) is 0. The largest absolute Gasteiger partial charge is 0.496 e. The molecule has 0 N–H and O–H groups in total. The van der Waals surface area contributed by atoms with E-state index in [1.54, 1.807) is 13.4 Å². The number of hydrogen-bond acceptors (Lipinski definition) is 3. The summed E-state index contributed by atoms with van der Waals surface area (Å²) in [6.45, 7) is 7.30. The Morgan fingerprint density at radius 1 is 1.33 bits per heavy atom. The van der Waals surface area contributed by atoms with Crippen molar-refractivity contribution in [3.63, 3.8) is 0 Å². The van der Waals surface area contributed by atoms with Gasteiger partial charge in [0.25, 0.3) is 0 Å². The molecule has 1 aromatic heterocycles. The van der Waals surface area contributed by atoms with Gasteiger partial charge in [-0.3, -0.25) is 0 Å². The summed E-state index contributed by atoms with van der Waals surface area (Å²) in [5.41, 5.74) is 2.16. The molecule has 0 saturated carbocycles. The van der Waals surface area contributed by atoms with E-state index in [0.717, 1.165) is 29.2 Å². The van der Waals surface area contributed by atoms with Crippen LogP contribution in [0.1, 0.15) is 19.4 Å². The first-order chi connectivity index (χ1) is 8.61. The van der Waals surface area contributed by atoms with Crippen LogP contribution in [-0.4, -0.2) is 21.9 Å². The molecule has 0 spiro atoms. The van der Waals surface area contributed by atoms with Crippen molar-refractivity contribution in [3.05, 3.63) is 30.1 Å². The van der Waals surface area contributed by atoms with Crippen molar-refractivity contribution in [2.45, 2.75) is 27.3 Å². The predicted octanol–water partition coefficient (Wildman–Crippen LogP) is 2.92. The molecule has 18 heavy (non-hydrogen) atoms. The Balaban J connectivity index is 2.39. The van der Waals surface area contributed by atoms with Crippen LogP contribution in [0.3, 0.4) is 0 Å². The third kappa shape index (κ3) is 2.53. The van der Waals surface area contributed by atoms with Gasteiger partial charge in [0.15, 0.2) is 5.82 Å². The van der Waals surface area contributed by atoms with E-state index in [1.807, 2.05) is 19.1 Å². The fraction of sp³-hybridized carbons (Fsp3) is 0.429. The van der Waals surface area contributed by atoms with Crippen molar-refractivity contribution in [3.8, 4) is 17.1 Å². The third-order valence-electron chi connectivity index (χ3n) is 2.84. The van der Waals surface area contributed by atoms with E-state index >= 15 is 0 Å². The number of ether oxygens (including phenoxy) is 1. The highest BCUT2D eigenvalue weighted by Crippen LogP contribution is 2.25. The number of aryl methyl sites for hydroxylation is 1. The van der Waals surface area contributed by atoms with E-state index < -0.39 is 0 Å². The van der Waals surface area contributed by atoms with Gasteiger partial charge in [-0.15, -0.1) is 10.2 Å². The van der Waals surface area contributed by atoms with Crippen molar-refractivity contribution >= 4 is 0 Å². The van der Waals surface area contributed by atoms with Gasteiger partial charge in [-0.25, -0.2) is 0 Å². The minimum Gasteiger partial charge on any atom is -0.496 e. The van der Waals surface area contributed by atoms with Gasteiger partial charge in [0, 0.05) is 12.1 Å². The molecule has 4 nitrogen and oxygen atoms in total. The summed E-state index contributed by atoms with van der Waals surface area (Å²) < 4.78 is 7.43. The summed E-state index contributed by atoms with van der Waals surface area (Å²) in [5, 5.41) is 8.20. The normalized spacial score (nSPS) is 10.9. The van der Waals surface area contributed by atoms with E-state index in [1.165, 1.54) is 0 Å². The summed E-state index contributed by atoms with van der Waals surface area (Å²) in [5.74, 6) is 2.33. The molecule has 0 bridgehead atoms. The van der Waals surface area contributed by atoms with Crippen molar-refractivity contribution in [1.29, 1.82) is 0 Å². The lowest BCUT2D eigenvalue weighted by Crippen LogP contribution is -2.05. The zero-order chi connectivity index (χ0) is 13.1. The van der Waals surface area contributed by atoms with E-state index in [0.29, 0.717) is 5.92 Å². The Labute approximate surface area is 108 Å². The quantitative estimate of drug-likeness (QED) is 0.831. The Morgan fingerprint density at radius 2 is 2.11 bits per heavy atom. The first kappa shape index (κ1) is 12.6. The van der Waals surface area contributed by atoms with Gasteiger partial charge in [0.1, 0.15) is 12.1 Å². The van der Waals surface area contributed by atoms with Gasteiger partial charge in [-0.1, -0.05) is 26.0 Å². The Kier molecular flexibility index (Phi) is 3.65. The van der Waals surface area contributed by atoms with E-state index in [2.05, 4.69) is 34.7 Å². The van der Waals surface area contributed by atoms with Crippen LogP contribution in [0.2, 0.25) is 0 Å². The summed E-state index contributed by atoms with van der Waals surface area (Å²) >= 11 is 0. The minimum absolute atomic E-state index is 0.562. The number of benzene rings is 1.